The Balaban J connectivity index is 3.15. The van der Waals surface area contributed by atoms with E-state index in [0.717, 1.165) is 29.0 Å². The van der Waals surface area contributed by atoms with E-state index in [1.807, 2.05) is 19.1 Å². The molecule has 0 aliphatic carbocycles. The van der Waals surface area contributed by atoms with E-state index in [2.05, 4.69) is 0 Å². The van der Waals surface area contributed by atoms with Crippen molar-refractivity contribution in [2.45, 2.75) is 19.4 Å². The molecule has 90 valence electrons. The summed E-state index contributed by atoms with van der Waals surface area (Å²) in [7, 11) is 3.26. The average Bonchev–Trinajstić information content (AvgIpc) is 2.27. The van der Waals surface area contributed by atoms with Gasteiger partial charge in [0.2, 0.25) is 0 Å². The van der Waals surface area contributed by atoms with Gasteiger partial charge in [-0.2, -0.15) is 0 Å². The maximum atomic E-state index is 6.07. The summed E-state index contributed by atoms with van der Waals surface area (Å²) in [6.07, 6.45) is 0.727. The summed E-state index contributed by atoms with van der Waals surface area (Å²) in [6.45, 7) is 1.99. The van der Waals surface area contributed by atoms with E-state index >= 15 is 0 Å². The van der Waals surface area contributed by atoms with Crippen LogP contribution in [0.1, 0.15) is 23.6 Å². The molecule has 1 atom stereocenters. The highest BCUT2D eigenvalue weighted by molar-refractivity contribution is 6.17. The molecular formula is C12H18ClNO2. The third-order valence-corrected chi connectivity index (χ3v) is 2.79. The monoisotopic (exact) mass is 243 g/mol. The molecule has 2 N–H and O–H groups in total. The fraction of sp³-hybridized carbons (Fsp3) is 0.500. The molecule has 0 spiro atoms. The van der Waals surface area contributed by atoms with Gasteiger partial charge in [0.15, 0.2) is 0 Å². The number of benzene rings is 1. The molecule has 4 heteroatoms. The van der Waals surface area contributed by atoms with Crippen LogP contribution in [0.15, 0.2) is 12.1 Å². The Bertz CT molecular complexity index is 355. The van der Waals surface area contributed by atoms with Crippen molar-refractivity contribution >= 4 is 11.6 Å². The van der Waals surface area contributed by atoms with Crippen molar-refractivity contribution in [1.29, 1.82) is 0 Å². The second-order valence-electron chi connectivity index (χ2n) is 3.64. The minimum Gasteiger partial charge on any atom is -0.497 e. The van der Waals surface area contributed by atoms with Crippen molar-refractivity contribution in [2.24, 2.45) is 5.73 Å². The Morgan fingerprint density at radius 1 is 1.31 bits per heavy atom. The zero-order valence-electron chi connectivity index (χ0n) is 9.92. The molecule has 0 saturated carbocycles. The van der Waals surface area contributed by atoms with Crippen molar-refractivity contribution in [2.75, 3.05) is 20.1 Å². The SMILES string of the molecule is COc1cc(C)c(C(N)CCCl)c(OC)c1. The van der Waals surface area contributed by atoms with Crippen molar-refractivity contribution in [3.63, 3.8) is 0 Å². The lowest BCUT2D eigenvalue weighted by Gasteiger charge is -2.18. The van der Waals surface area contributed by atoms with Crippen LogP contribution >= 0.6 is 11.6 Å². The zero-order chi connectivity index (χ0) is 12.1. The Kier molecular flexibility index (Phi) is 4.90. The Labute approximate surface area is 101 Å². The van der Waals surface area contributed by atoms with Crippen LogP contribution in [0.2, 0.25) is 0 Å². The van der Waals surface area contributed by atoms with Crippen LogP contribution in [0.4, 0.5) is 0 Å². The largest absolute Gasteiger partial charge is 0.497 e. The summed E-state index contributed by atoms with van der Waals surface area (Å²) in [4.78, 5) is 0. The van der Waals surface area contributed by atoms with Crippen LogP contribution in [-0.4, -0.2) is 20.1 Å². The van der Waals surface area contributed by atoms with Crippen LogP contribution in [0.3, 0.4) is 0 Å². The normalized spacial score (nSPS) is 12.3. The number of aryl methyl sites for hydroxylation is 1. The number of methoxy groups -OCH3 is 2. The standard InChI is InChI=1S/C12H18ClNO2/c1-8-6-9(15-2)7-11(16-3)12(8)10(14)4-5-13/h6-7,10H,4-5,14H2,1-3H3. The first-order valence-electron chi connectivity index (χ1n) is 5.18. The highest BCUT2D eigenvalue weighted by atomic mass is 35.5. The predicted octanol–water partition coefficient (Wildman–Crippen LogP) is 2.64. The van der Waals surface area contributed by atoms with Gasteiger partial charge in [-0.1, -0.05) is 0 Å². The fourth-order valence-corrected chi connectivity index (χ4v) is 1.99. The highest BCUT2D eigenvalue weighted by Crippen LogP contribution is 2.33. The van der Waals surface area contributed by atoms with Crippen LogP contribution in [0.25, 0.3) is 0 Å². The fourth-order valence-electron chi connectivity index (χ4n) is 1.76. The van der Waals surface area contributed by atoms with E-state index in [-0.39, 0.29) is 6.04 Å². The summed E-state index contributed by atoms with van der Waals surface area (Å²) in [5.74, 6) is 2.07. The van der Waals surface area contributed by atoms with E-state index < -0.39 is 0 Å². The highest BCUT2D eigenvalue weighted by Gasteiger charge is 2.15. The average molecular weight is 244 g/mol. The van der Waals surface area contributed by atoms with Crippen LogP contribution < -0.4 is 15.2 Å². The third kappa shape index (κ3) is 2.80. The van der Waals surface area contributed by atoms with E-state index in [4.69, 9.17) is 26.8 Å². The number of ether oxygens (including phenoxy) is 2. The van der Waals surface area contributed by atoms with Crippen molar-refractivity contribution in [1.82, 2.24) is 0 Å². The van der Waals surface area contributed by atoms with Gasteiger partial charge in [0.05, 0.1) is 14.2 Å². The maximum absolute atomic E-state index is 6.07. The number of halogens is 1. The van der Waals surface area contributed by atoms with Gasteiger partial charge in [0.1, 0.15) is 11.5 Å². The number of alkyl halides is 1. The van der Waals surface area contributed by atoms with Gasteiger partial charge < -0.3 is 15.2 Å². The third-order valence-electron chi connectivity index (χ3n) is 2.57. The Morgan fingerprint density at radius 3 is 2.50 bits per heavy atom. The number of nitrogens with two attached hydrogens (primary N) is 1. The topological polar surface area (TPSA) is 44.5 Å². The van der Waals surface area contributed by atoms with E-state index in [1.54, 1.807) is 14.2 Å². The molecule has 1 unspecified atom stereocenters. The first kappa shape index (κ1) is 13.1. The van der Waals surface area contributed by atoms with E-state index in [0.29, 0.717) is 5.88 Å². The lowest BCUT2D eigenvalue weighted by atomic mass is 9.98. The summed E-state index contributed by atoms with van der Waals surface area (Å²) in [5.41, 5.74) is 8.14. The van der Waals surface area contributed by atoms with Gasteiger partial charge in [0.25, 0.3) is 0 Å². The summed E-state index contributed by atoms with van der Waals surface area (Å²) >= 11 is 5.71. The molecule has 0 radical (unpaired) electrons. The molecule has 3 nitrogen and oxygen atoms in total. The zero-order valence-corrected chi connectivity index (χ0v) is 10.7. The summed E-state index contributed by atoms with van der Waals surface area (Å²) in [6, 6.07) is 3.70. The molecule has 16 heavy (non-hydrogen) atoms. The first-order chi connectivity index (χ1) is 7.63. The van der Waals surface area contributed by atoms with Crippen molar-refractivity contribution in [3.8, 4) is 11.5 Å². The van der Waals surface area contributed by atoms with E-state index in [9.17, 15) is 0 Å². The van der Waals surface area contributed by atoms with Gasteiger partial charge in [0, 0.05) is 23.6 Å². The Hall–Kier alpha value is -0.930. The maximum Gasteiger partial charge on any atom is 0.127 e. The van der Waals surface area contributed by atoms with Crippen molar-refractivity contribution in [3.05, 3.63) is 23.3 Å². The molecule has 1 aromatic carbocycles. The van der Waals surface area contributed by atoms with Gasteiger partial charge in [-0.15, -0.1) is 11.6 Å². The molecule has 0 bridgehead atoms. The molecule has 0 aromatic heterocycles. The summed E-state index contributed by atoms with van der Waals surface area (Å²) < 4.78 is 10.5. The lowest BCUT2D eigenvalue weighted by Crippen LogP contribution is -2.14. The predicted molar refractivity (Wildman–Crippen MR) is 66.5 cm³/mol. The smallest absolute Gasteiger partial charge is 0.127 e. The summed E-state index contributed by atoms with van der Waals surface area (Å²) in [5, 5.41) is 0. The second-order valence-corrected chi connectivity index (χ2v) is 4.02. The molecule has 0 heterocycles. The molecule has 1 rings (SSSR count). The number of hydrogen-bond donors (Lipinski definition) is 1. The quantitative estimate of drug-likeness (QED) is 0.809. The van der Waals surface area contributed by atoms with Crippen LogP contribution in [-0.2, 0) is 0 Å². The molecule has 0 aliphatic rings. The molecule has 0 fully saturated rings. The minimum atomic E-state index is -0.0987. The van der Waals surface area contributed by atoms with Crippen LogP contribution in [0, 0.1) is 6.92 Å². The molecular weight excluding hydrogens is 226 g/mol. The molecule has 0 amide bonds. The number of rotatable bonds is 5. The molecule has 0 saturated heterocycles. The number of hydrogen-bond acceptors (Lipinski definition) is 3. The van der Waals surface area contributed by atoms with E-state index in [1.165, 1.54) is 0 Å². The van der Waals surface area contributed by atoms with Gasteiger partial charge in [-0.3, -0.25) is 0 Å². The van der Waals surface area contributed by atoms with Gasteiger partial charge in [-0.05, 0) is 25.0 Å². The lowest BCUT2D eigenvalue weighted by molar-refractivity contribution is 0.387. The first-order valence-corrected chi connectivity index (χ1v) is 5.71. The van der Waals surface area contributed by atoms with Gasteiger partial charge >= 0.3 is 0 Å². The second kappa shape index (κ2) is 5.97. The van der Waals surface area contributed by atoms with Crippen LogP contribution in [0.5, 0.6) is 11.5 Å². The van der Waals surface area contributed by atoms with Gasteiger partial charge in [-0.25, -0.2) is 0 Å². The van der Waals surface area contributed by atoms with Crippen molar-refractivity contribution < 1.29 is 9.47 Å². The molecule has 0 aliphatic heterocycles. The minimum absolute atomic E-state index is 0.0987. The molecule has 1 aromatic rings. The Morgan fingerprint density at radius 2 is 2.00 bits per heavy atom.